The van der Waals surface area contributed by atoms with E-state index in [0.717, 1.165) is 12.2 Å². The van der Waals surface area contributed by atoms with Gasteiger partial charge in [0.15, 0.2) is 23.0 Å². The molecule has 0 aliphatic carbocycles. The summed E-state index contributed by atoms with van der Waals surface area (Å²) < 4.78 is 38.4. The third kappa shape index (κ3) is 16.2. The van der Waals surface area contributed by atoms with Crippen molar-refractivity contribution in [1.29, 1.82) is 0 Å². The number of methoxy groups -OCH3 is 2. The fourth-order valence-corrected chi connectivity index (χ4v) is 5.58. The zero-order chi connectivity index (χ0) is 45.2. The molecule has 0 bridgehead atoms. The Morgan fingerprint density at radius 1 is 0.717 bits per heavy atom. The Bertz CT molecular complexity index is 1880. The molecule has 2 unspecified atom stereocenters. The maximum Gasteiger partial charge on any atom is 0.330 e. The minimum atomic E-state index is -0.956. The molecular weight excluding hydrogens is 788 g/mol. The van der Waals surface area contributed by atoms with Gasteiger partial charge in [-0.15, -0.1) is 0 Å². The maximum atomic E-state index is 12.8. The Kier molecular flexibility index (Phi) is 19.4. The number of nitro groups is 2. The average molecular weight is 845 g/mol. The second-order valence-electron chi connectivity index (χ2n) is 14.7. The van der Waals surface area contributed by atoms with Gasteiger partial charge in [-0.05, 0) is 72.9 Å². The summed E-state index contributed by atoms with van der Waals surface area (Å²) in [5, 5.41) is 29.3. The molecule has 0 aromatic heterocycles. The highest BCUT2D eigenvalue weighted by molar-refractivity contribution is 5.82. The molecule has 0 aliphatic rings. The maximum absolute atomic E-state index is 12.8. The smallest absolute Gasteiger partial charge is 0.330 e. The minimum absolute atomic E-state index is 0.0553. The van der Waals surface area contributed by atoms with Gasteiger partial charge in [0, 0.05) is 43.7 Å². The molecule has 0 aliphatic heterocycles. The van der Waals surface area contributed by atoms with Gasteiger partial charge >= 0.3 is 11.9 Å². The van der Waals surface area contributed by atoms with Crippen LogP contribution in [0.1, 0.15) is 97.0 Å². The molecule has 19 heteroatoms. The van der Waals surface area contributed by atoms with E-state index < -0.39 is 45.1 Å². The highest BCUT2D eigenvalue weighted by Gasteiger charge is 2.28. The topological polar surface area (TPSA) is 243 Å². The van der Waals surface area contributed by atoms with Crippen molar-refractivity contribution in [2.24, 2.45) is 0 Å². The molecular formula is C41H56N4O15. The molecule has 60 heavy (non-hydrogen) atoms. The van der Waals surface area contributed by atoms with E-state index in [1.54, 1.807) is 0 Å². The van der Waals surface area contributed by atoms with Crippen molar-refractivity contribution in [2.75, 3.05) is 40.6 Å². The zero-order valence-electron chi connectivity index (χ0n) is 35.4. The van der Waals surface area contributed by atoms with E-state index in [9.17, 15) is 39.4 Å². The largest absolute Gasteiger partial charge is 0.493 e. The summed E-state index contributed by atoms with van der Waals surface area (Å²) in [6.07, 6.45) is 1.25. The standard InChI is InChI=1S/C41H56N4O15/c1-11-38(48)59-26(3)28-21-32(54-9)34(23-30(28)44(50)51)56-18-13-15-36(46)42-25-41(7,8)58-20-17-40(5,6)43-37(47)16-14-19-57-35-24-31(45(52)53)29(22-33(35)55-10)27(4)60-39(49)12-2/h11-12,21-24,26-27H,1-2,13-20,25H2,3-10H3,(H,42,46)(H,43,47). The zero-order valence-corrected chi connectivity index (χ0v) is 35.4. The molecule has 0 saturated carbocycles. The number of amides is 2. The first kappa shape index (κ1) is 49.9. The molecule has 2 amide bonds. The van der Waals surface area contributed by atoms with Crippen LogP contribution in [-0.4, -0.2) is 85.3 Å². The van der Waals surface area contributed by atoms with Crippen molar-refractivity contribution in [1.82, 2.24) is 10.6 Å². The number of hydrogen-bond acceptors (Lipinski definition) is 15. The Labute approximate surface area is 349 Å². The van der Waals surface area contributed by atoms with Crippen molar-refractivity contribution in [3.63, 3.8) is 0 Å². The second kappa shape index (κ2) is 23.4. The molecule has 2 N–H and O–H groups in total. The minimum Gasteiger partial charge on any atom is -0.493 e. The number of ether oxygens (including phenoxy) is 7. The Morgan fingerprint density at radius 3 is 1.55 bits per heavy atom. The van der Waals surface area contributed by atoms with Crippen molar-refractivity contribution in [3.8, 4) is 23.0 Å². The first-order valence-corrected chi connectivity index (χ1v) is 19.0. The number of hydrogen-bond donors (Lipinski definition) is 2. The Balaban J connectivity index is 1.79. The highest BCUT2D eigenvalue weighted by Crippen LogP contribution is 2.40. The quantitative estimate of drug-likeness (QED) is 0.0329. The van der Waals surface area contributed by atoms with Crippen LogP contribution >= 0.6 is 0 Å². The average Bonchev–Trinajstić information content (AvgIpc) is 3.18. The summed E-state index contributed by atoms with van der Waals surface area (Å²) >= 11 is 0. The van der Waals surface area contributed by atoms with Crippen molar-refractivity contribution in [3.05, 3.63) is 80.9 Å². The lowest BCUT2D eigenvalue weighted by atomic mass is 10.0. The number of nitrogens with zero attached hydrogens (tertiary/aromatic N) is 2. The van der Waals surface area contributed by atoms with Crippen LogP contribution in [0.4, 0.5) is 11.4 Å². The van der Waals surface area contributed by atoms with Crippen LogP contribution in [-0.2, 0) is 33.4 Å². The predicted molar refractivity (Wildman–Crippen MR) is 218 cm³/mol. The highest BCUT2D eigenvalue weighted by atomic mass is 16.6. The number of carbonyl (C=O) groups excluding carboxylic acids is 4. The summed E-state index contributed by atoms with van der Waals surface area (Å²) in [5.41, 5.74) is -1.81. The summed E-state index contributed by atoms with van der Waals surface area (Å²) in [6, 6.07) is 5.11. The van der Waals surface area contributed by atoms with E-state index in [1.165, 1.54) is 52.3 Å². The molecule has 19 nitrogen and oxygen atoms in total. The molecule has 0 fully saturated rings. The van der Waals surface area contributed by atoms with Crippen molar-refractivity contribution >= 4 is 35.1 Å². The fourth-order valence-electron chi connectivity index (χ4n) is 5.58. The van der Waals surface area contributed by atoms with Crippen molar-refractivity contribution < 1.29 is 62.2 Å². The molecule has 0 spiro atoms. The molecule has 2 aromatic carbocycles. The first-order chi connectivity index (χ1) is 28.2. The van der Waals surface area contributed by atoms with Gasteiger partial charge < -0.3 is 43.8 Å². The van der Waals surface area contributed by atoms with Crippen molar-refractivity contribution in [2.45, 2.75) is 97.0 Å². The molecule has 2 atom stereocenters. The first-order valence-electron chi connectivity index (χ1n) is 19.0. The van der Waals surface area contributed by atoms with Gasteiger partial charge in [0.2, 0.25) is 11.8 Å². The number of rotatable bonds is 27. The van der Waals surface area contributed by atoms with Crippen LogP contribution < -0.4 is 29.6 Å². The number of nitro benzene ring substituents is 2. The van der Waals surface area contributed by atoms with Gasteiger partial charge in [0.05, 0.1) is 66.1 Å². The van der Waals surface area contributed by atoms with Gasteiger partial charge in [0.1, 0.15) is 12.2 Å². The second-order valence-corrected chi connectivity index (χ2v) is 14.7. The van der Waals surface area contributed by atoms with Crippen LogP contribution in [0.25, 0.3) is 0 Å². The SMILES string of the molecule is C=CC(=O)OC(C)c1cc(OC)c(OCCCC(=O)NCC(C)(C)OCCC(C)(C)NC(=O)CCCOc2cc([N+](=O)[O-])c(C(C)OC(=O)C=C)cc2OC)cc1[N+](=O)[O-]. The van der Waals surface area contributed by atoms with E-state index >= 15 is 0 Å². The Morgan fingerprint density at radius 2 is 1.15 bits per heavy atom. The summed E-state index contributed by atoms with van der Waals surface area (Å²) in [5.74, 6) is -1.40. The lowest BCUT2D eigenvalue weighted by Gasteiger charge is -2.30. The molecule has 0 saturated heterocycles. The summed E-state index contributed by atoms with van der Waals surface area (Å²) in [7, 11) is 2.73. The van der Waals surface area contributed by atoms with Gasteiger partial charge in [-0.3, -0.25) is 29.8 Å². The normalized spacial score (nSPS) is 12.2. The van der Waals surface area contributed by atoms with Gasteiger partial charge in [-0.25, -0.2) is 9.59 Å². The lowest BCUT2D eigenvalue weighted by Crippen LogP contribution is -2.46. The molecule has 2 aromatic rings. The fraction of sp³-hybridized carbons (Fsp3) is 0.512. The van der Waals surface area contributed by atoms with Crippen LogP contribution in [0.3, 0.4) is 0 Å². The monoisotopic (exact) mass is 844 g/mol. The van der Waals surface area contributed by atoms with Gasteiger partial charge in [-0.2, -0.15) is 0 Å². The van der Waals surface area contributed by atoms with Gasteiger partial charge in [0.25, 0.3) is 11.4 Å². The Hall–Kier alpha value is -6.24. The van der Waals surface area contributed by atoms with E-state index in [0.29, 0.717) is 19.3 Å². The molecule has 330 valence electrons. The number of nitrogens with one attached hydrogen (secondary N) is 2. The van der Waals surface area contributed by atoms with E-state index in [-0.39, 0.29) is 96.5 Å². The van der Waals surface area contributed by atoms with Crippen LogP contribution in [0.5, 0.6) is 23.0 Å². The number of esters is 2. The lowest BCUT2D eigenvalue weighted by molar-refractivity contribution is -0.386. The molecule has 2 rings (SSSR count). The summed E-state index contributed by atoms with van der Waals surface area (Å²) in [4.78, 5) is 70.9. The van der Waals surface area contributed by atoms with Crippen LogP contribution in [0.15, 0.2) is 49.6 Å². The third-order valence-electron chi connectivity index (χ3n) is 8.83. The summed E-state index contributed by atoms with van der Waals surface area (Å²) in [6.45, 7) is 17.6. The van der Waals surface area contributed by atoms with Crippen LogP contribution in [0, 0.1) is 20.2 Å². The third-order valence-corrected chi connectivity index (χ3v) is 8.83. The van der Waals surface area contributed by atoms with Gasteiger partial charge in [-0.1, -0.05) is 13.2 Å². The number of benzene rings is 2. The van der Waals surface area contributed by atoms with Crippen LogP contribution in [0.2, 0.25) is 0 Å². The van der Waals surface area contributed by atoms with E-state index in [2.05, 4.69) is 23.8 Å². The molecule has 0 radical (unpaired) electrons. The predicted octanol–water partition coefficient (Wildman–Crippen LogP) is 6.32. The van der Waals surface area contributed by atoms with E-state index in [4.69, 9.17) is 33.2 Å². The number of carbonyl (C=O) groups is 4. The van der Waals surface area contributed by atoms with E-state index in [1.807, 2.05) is 27.7 Å². The molecule has 0 heterocycles.